The van der Waals surface area contributed by atoms with Crippen molar-refractivity contribution in [2.24, 2.45) is 0 Å². The molecule has 9 heteroatoms. The number of aliphatic hydroxyl groups is 1. The molecule has 0 radical (unpaired) electrons. The summed E-state index contributed by atoms with van der Waals surface area (Å²) in [6.45, 7) is 2.35. The Morgan fingerprint density at radius 1 is 1.05 bits per heavy atom. The number of aromatic nitrogens is 1. The Kier molecular flexibility index (Phi) is 7.86. The van der Waals surface area contributed by atoms with Crippen molar-refractivity contribution in [1.29, 1.82) is 0 Å². The molecule has 0 spiro atoms. The second-order valence-corrected chi connectivity index (χ2v) is 12.0. The van der Waals surface area contributed by atoms with Crippen LogP contribution in [-0.2, 0) is 9.84 Å². The van der Waals surface area contributed by atoms with E-state index in [1.807, 2.05) is 37.3 Å². The van der Waals surface area contributed by atoms with Gasteiger partial charge in [-0.3, -0.25) is 4.79 Å². The lowest BCUT2D eigenvalue weighted by atomic mass is 9.70. The first-order chi connectivity index (χ1) is 17.5. The number of fused-ring (bicyclic) bond motifs is 1. The summed E-state index contributed by atoms with van der Waals surface area (Å²) in [4.78, 5) is 16.5. The number of H-pyrrole nitrogens is 1. The average molecular weight is 555 g/mol. The van der Waals surface area contributed by atoms with Crippen molar-refractivity contribution >= 4 is 34.2 Å². The number of aryl methyl sites for hydroxylation is 1. The lowest BCUT2D eigenvalue weighted by Crippen LogP contribution is -2.49. The molecule has 4 aromatic rings. The number of halogens is 1. The highest BCUT2D eigenvalue weighted by Crippen LogP contribution is 2.44. The van der Waals surface area contributed by atoms with Gasteiger partial charge in [-0.05, 0) is 84.8 Å². The summed E-state index contributed by atoms with van der Waals surface area (Å²) in [6, 6.07) is 20.1. The van der Waals surface area contributed by atoms with Gasteiger partial charge < -0.3 is 15.4 Å². The summed E-state index contributed by atoms with van der Waals surface area (Å²) >= 11 is 0. The molecule has 3 atom stereocenters. The number of sulfone groups is 1. The number of aromatic amines is 1. The third-order valence-corrected chi connectivity index (χ3v) is 8.48. The zero-order chi connectivity index (χ0) is 26.4. The van der Waals surface area contributed by atoms with E-state index in [-0.39, 0.29) is 35.8 Å². The lowest BCUT2D eigenvalue weighted by Gasteiger charge is -2.43. The molecule has 3 N–H and O–H groups in total. The molecule has 1 aliphatic rings. The van der Waals surface area contributed by atoms with Gasteiger partial charge in [-0.15, -0.1) is 0 Å². The van der Waals surface area contributed by atoms with Crippen LogP contribution in [0.15, 0.2) is 82.5 Å². The Bertz CT molecular complexity index is 1640. The second kappa shape index (κ2) is 10.6. The Labute approximate surface area is 228 Å². The number of rotatable bonds is 5. The molecule has 0 aliphatic carbocycles. The number of piperidine rings is 1. The van der Waals surface area contributed by atoms with Gasteiger partial charge in [-0.2, -0.15) is 13.5 Å². The van der Waals surface area contributed by atoms with Gasteiger partial charge in [0.2, 0.25) is 0 Å². The van der Waals surface area contributed by atoms with E-state index in [0.29, 0.717) is 35.9 Å². The standard InChI is InChI=1S/C29H29FN2O4S.H2S/c1-18-14-21(30)8-10-23(18)26-17-29(34,12-13-31-26)27(19-6-4-3-5-7-19)24-16-20-15-22(37(2,35)36)9-11-25(20)32-28(24)33;/h3-11,14-16,26-27,31,34H,12-13,17H2,1-2H3,(H,32,33);1H2. The minimum Gasteiger partial charge on any atom is -0.389 e. The molecular weight excluding hydrogens is 523 g/mol. The van der Waals surface area contributed by atoms with Crippen molar-refractivity contribution in [3.63, 3.8) is 0 Å². The molecule has 0 amide bonds. The summed E-state index contributed by atoms with van der Waals surface area (Å²) in [6.07, 6.45) is 1.84. The van der Waals surface area contributed by atoms with Gasteiger partial charge in [0.15, 0.2) is 9.84 Å². The molecule has 1 fully saturated rings. The predicted octanol–water partition coefficient (Wildman–Crippen LogP) is 4.48. The number of hydrogen-bond donors (Lipinski definition) is 3. The normalized spacial score (nSPS) is 20.6. The molecule has 0 bridgehead atoms. The highest BCUT2D eigenvalue weighted by atomic mass is 32.2. The summed E-state index contributed by atoms with van der Waals surface area (Å²) in [7, 11) is -3.44. The lowest BCUT2D eigenvalue weighted by molar-refractivity contribution is -0.0194. The third kappa shape index (κ3) is 5.42. The predicted molar refractivity (Wildman–Crippen MR) is 152 cm³/mol. The highest BCUT2D eigenvalue weighted by molar-refractivity contribution is 7.90. The van der Waals surface area contributed by atoms with Gasteiger partial charge >= 0.3 is 0 Å². The maximum atomic E-state index is 13.8. The largest absolute Gasteiger partial charge is 0.389 e. The zero-order valence-corrected chi connectivity index (χ0v) is 23.0. The van der Waals surface area contributed by atoms with Gasteiger partial charge in [-0.1, -0.05) is 36.4 Å². The highest BCUT2D eigenvalue weighted by Gasteiger charge is 2.44. The fourth-order valence-electron chi connectivity index (χ4n) is 5.57. The molecule has 0 saturated carbocycles. The van der Waals surface area contributed by atoms with Crippen molar-refractivity contribution in [1.82, 2.24) is 10.3 Å². The summed E-state index contributed by atoms with van der Waals surface area (Å²) < 4.78 is 38.1. The van der Waals surface area contributed by atoms with Crippen molar-refractivity contribution in [2.45, 2.75) is 42.2 Å². The van der Waals surface area contributed by atoms with Crippen LogP contribution in [0, 0.1) is 12.7 Å². The molecule has 1 aliphatic heterocycles. The maximum Gasteiger partial charge on any atom is 0.252 e. The molecule has 3 aromatic carbocycles. The van der Waals surface area contributed by atoms with Crippen LogP contribution in [0.5, 0.6) is 0 Å². The van der Waals surface area contributed by atoms with Gasteiger partial charge in [0.1, 0.15) is 5.82 Å². The molecule has 1 saturated heterocycles. The van der Waals surface area contributed by atoms with Gasteiger partial charge in [0.25, 0.3) is 5.56 Å². The smallest absolute Gasteiger partial charge is 0.252 e. The monoisotopic (exact) mass is 554 g/mol. The van der Waals surface area contributed by atoms with Gasteiger partial charge in [0, 0.05) is 29.3 Å². The number of hydrogen-bond acceptors (Lipinski definition) is 5. The first kappa shape index (κ1) is 28.0. The molecule has 6 nitrogen and oxygen atoms in total. The van der Waals surface area contributed by atoms with Crippen LogP contribution in [0.4, 0.5) is 4.39 Å². The quantitative estimate of drug-likeness (QED) is 0.338. The molecular formula is C29H31FN2O4S2. The van der Waals surface area contributed by atoms with Crippen molar-refractivity contribution in [3.05, 3.63) is 111 Å². The zero-order valence-electron chi connectivity index (χ0n) is 21.2. The summed E-state index contributed by atoms with van der Waals surface area (Å²) in [5.74, 6) is -0.986. The Hall–Kier alpha value is -2.98. The molecule has 38 heavy (non-hydrogen) atoms. The number of nitrogens with one attached hydrogen (secondary N) is 2. The van der Waals surface area contributed by atoms with Crippen LogP contribution >= 0.6 is 13.5 Å². The van der Waals surface area contributed by atoms with E-state index in [1.165, 1.54) is 18.2 Å². The molecule has 200 valence electrons. The van der Waals surface area contributed by atoms with E-state index < -0.39 is 21.4 Å². The summed E-state index contributed by atoms with van der Waals surface area (Å²) in [5.41, 5.74) is 1.72. The first-order valence-electron chi connectivity index (χ1n) is 12.2. The molecule has 2 heterocycles. The van der Waals surface area contributed by atoms with E-state index in [4.69, 9.17) is 0 Å². The van der Waals surface area contributed by atoms with Crippen LogP contribution < -0.4 is 10.9 Å². The first-order valence-corrected chi connectivity index (χ1v) is 14.1. The molecule has 3 unspecified atom stereocenters. The van der Waals surface area contributed by atoms with Crippen LogP contribution in [0.3, 0.4) is 0 Å². The van der Waals surface area contributed by atoms with E-state index in [9.17, 15) is 22.7 Å². The van der Waals surface area contributed by atoms with E-state index in [0.717, 1.165) is 22.9 Å². The van der Waals surface area contributed by atoms with Gasteiger partial charge in [-0.25, -0.2) is 12.8 Å². The van der Waals surface area contributed by atoms with Gasteiger partial charge in [0.05, 0.1) is 10.5 Å². The fourth-order valence-corrected chi connectivity index (χ4v) is 6.23. The van der Waals surface area contributed by atoms with Crippen LogP contribution in [0.25, 0.3) is 10.9 Å². The number of benzene rings is 3. The van der Waals surface area contributed by atoms with E-state index in [2.05, 4.69) is 10.3 Å². The fraction of sp³-hybridized carbons (Fsp3) is 0.276. The topological polar surface area (TPSA) is 99.3 Å². The third-order valence-electron chi connectivity index (χ3n) is 7.37. The van der Waals surface area contributed by atoms with Crippen LogP contribution in [0.2, 0.25) is 0 Å². The Morgan fingerprint density at radius 3 is 2.47 bits per heavy atom. The molecule has 5 rings (SSSR count). The van der Waals surface area contributed by atoms with E-state index in [1.54, 1.807) is 24.3 Å². The summed E-state index contributed by atoms with van der Waals surface area (Å²) in [5, 5.41) is 16.2. The van der Waals surface area contributed by atoms with Crippen molar-refractivity contribution in [2.75, 3.05) is 12.8 Å². The minimum absolute atomic E-state index is 0. The average Bonchev–Trinajstić information content (AvgIpc) is 2.84. The van der Waals surface area contributed by atoms with Crippen LogP contribution in [0.1, 0.15) is 47.1 Å². The van der Waals surface area contributed by atoms with Crippen molar-refractivity contribution in [3.8, 4) is 0 Å². The van der Waals surface area contributed by atoms with E-state index >= 15 is 0 Å². The van der Waals surface area contributed by atoms with Crippen molar-refractivity contribution < 1.29 is 17.9 Å². The Balaban J connectivity index is 0.00000336. The maximum absolute atomic E-state index is 13.8. The SMILES string of the molecule is Cc1cc(F)ccc1C1CC(O)(C(c2ccccc2)c2cc3cc(S(C)(=O)=O)ccc3[nH]c2=O)CCN1.S. The van der Waals surface area contributed by atoms with Crippen LogP contribution in [-0.4, -0.2) is 36.9 Å². The minimum atomic E-state index is -3.44. The molecule has 1 aromatic heterocycles. The Morgan fingerprint density at radius 2 is 1.79 bits per heavy atom. The number of pyridine rings is 1. The second-order valence-electron chi connectivity index (χ2n) is 9.98.